The second-order valence-electron chi connectivity index (χ2n) is 6.16. The van der Waals surface area contributed by atoms with Gasteiger partial charge in [-0.3, -0.25) is 4.90 Å². The van der Waals surface area contributed by atoms with Crippen LogP contribution in [0.25, 0.3) is 11.0 Å². The van der Waals surface area contributed by atoms with Crippen molar-refractivity contribution in [2.75, 3.05) is 20.1 Å². The van der Waals surface area contributed by atoms with Crippen LogP contribution in [0, 0.1) is 5.92 Å². The van der Waals surface area contributed by atoms with E-state index < -0.39 is 0 Å². The Balaban J connectivity index is 1.80. The average Bonchev–Trinajstić information content (AvgIpc) is 2.86. The van der Waals surface area contributed by atoms with Crippen molar-refractivity contribution in [3.05, 3.63) is 35.6 Å². The summed E-state index contributed by atoms with van der Waals surface area (Å²) in [6.45, 7) is 6.57. The molecule has 0 atom stereocenters. The van der Waals surface area contributed by atoms with Crippen LogP contribution in [0.2, 0.25) is 0 Å². The summed E-state index contributed by atoms with van der Waals surface area (Å²) in [6.07, 6.45) is 4.01. The highest BCUT2D eigenvalue weighted by molar-refractivity contribution is 5.82. The third-order valence-electron chi connectivity index (χ3n) is 4.79. The summed E-state index contributed by atoms with van der Waals surface area (Å²) in [5.74, 6) is 2.02. The van der Waals surface area contributed by atoms with Crippen LogP contribution in [-0.4, -0.2) is 25.0 Å². The Labute approximate surface area is 127 Å². The van der Waals surface area contributed by atoms with E-state index in [9.17, 15) is 0 Å². The third kappa shape index (κ3) is 3.14. The van der Waals surface area contributed by atoms with Gasteiger partial charge < -0.3 is 9.73 Å². The second kappa shape index (κ2) is 6.63. The molecule has 3 nitrogen and oxygen atoms in total. The predicted molar refractivity (Wildman–Crippen MR) is 87.3 cm³/mol. The molecule has 1 N–H and O–H groups in total. The number of hydrogen-bond acceptors (Lipinski definition) is 3. The first-order valence-corrected chi connectivity index (χ1v) is 8.18. The molecule has 0 radical (unpaired) electrons. The maximum atomic E-state index is 6.03. The van der Waals surface area contributed by atoms with Crippen LogP contribution in [0.5, 0.6) is 0 Å². The summed E-state index contributed by atoms with van der Waals surface area (Å²) >= 11 is 0. The zero-order valence-electron chi connectivity index (χ0n) is 13.2. The van der Waals surface area contributed by atoms with Gasteiger partial charge >= 0.3 is 0 Å². The summed E-state index contributed by atoms with van der Waals surface area (Å²) in [7, 11) is 1.98. The molecule has 1 aliphatic rings. The van der Waals surface area contributed by atoms with Gasteiger partial charge in [0.05, 0.1) is 6.54 Å². The first-order valence-electron chi connectivity index (χ1n) is 8.18. The summed E-state index contributed by atoms with van der Waals surface area (Å²) in [4.78, 5) is 2.59. The number of nitrogens with one attached hydrogen (secondary N) is 1. The number of rotatable bonds is 5. The Hall–Kier alpha value is -1.32. The molecule has 3 heteroatoms. The summed E-state index contributed by atoms with van der Waals surface area (Å²) < 4.78 is 6.03. The van der Waals surface area contributed by atoms with Gasteiger partial charge in [0.15, 0.2) is 0 Å². The van der Waals surface area contributed by atoms with Crippen LogP contribution in [0.15, 0.2) is 28.7 Å². The van der Waals surface area contributed by atoms with E-state index in [1.807, 2.05) is 13.1 Å². The molecule has 1 aliphatic heterocycles. The minimum atomic E-state index is 0.801. The molecule has 1 saturated heterocycles. The van der Waals surface area contributed by atoms with Crippen molar-refractivity contribution < 1.29 is 4.42 Å². The van der Waals surface area contributed by atoms with Gasteiger partial charge in [-0.25, -0.2) is 0 Å². The number of piperidine rings is 1. The topological polar surface area (TPSA) is 28.4 Å². The Morgan fingerprint density at radius 2 is 2.00 bits per heavy atom. The highest BCUT2D eigenvalue weighted by atomic mass is 16.3. The first kappa shape index (κ1) is 14.6. The second-order valence-corrected chi connectivity index (χ2v) is 6.16. The molecule has 0 aliphatic carbocycles. The van der Waals surface area contributed by atoms with Crippen LogP contribution in [0.4, 0.5) is 0 Å². The Morgan fingerprint density at radius 3 is 2.71 bits per heavy atom. The number of para-hydroxylation sites is 1. The van der Waals surface area contributed by atoms with Crippen LogP contribution >= 0.6 is 0 Å². The van der Waals surface area contributed by atoms with Gasteiger partial charge in [0, 0.05) is 17.5 Å². The Bertz CT molecular complexity index is 582. The fraction of sp³-hybridized carbons (Fsp3) is 0.556. The molecule has 1 fully saturated rings. The van der Waals surface area contributed by atoms with Crippen molar-refractivity contribution in [1.29, 1.82) is 0 Å². The lowest BCUT2D eigenvalue weighted by Gasteiger charge is -2.31. The zero-order valence-corrected chi connectivity index (χ0v) is 13.2. The molecular weight excluding hydrogens is 260 g/mol. The largest absolute Gasteiger partial charge is 0.459 e. The van der Waals surface area contributed by atoms with E-state index in [2.05, 4.69) is 35.3 Å². The summed E-state index contributed by atoms with van der Waals surface area (Å²) in [6, 6.07) is 8.41. The van der Waals surface area contributed by atoms with Gasteiger partial charge in [-0.15, -0.1) is 0 Å². The van der Waals surface area contributed by atoms with E-state index in [-0.39, 0.29) is 0 Å². The van der Waals surface area contributed by atoms with Crippen LogP contribution in [-0.2, 0) is 13.1 Å². The lowest BCUT2D eigenvalue weighted by molar-refractivity contribution is 0.174. The van der Waals surface area contributed by atoms with E-state index in [1.54, 1.807) is 0 Å². The van der Waals surface area contributed by atoms with Crippen molar-refractivity contribution in [2.24, 2.45) is 5.92 Å². The maximum absolute atomic E-state index is 6.03. The Kier molecular flexibility index (Phi) is 4.61. The molecular formula is C18H26N2O. The van der Waals surface area contributed by atoms with Crippen molar-refractivity contribution in [1.82, 2.24) is 10.2 Å². The number of hydrogen-bond donors (Lipinski definition) is 1. The van der Waals surface area contributed by atoms with Gasteiger partial charge in [0.1, 0.15) is 11.3 Å². The molecule has 2 heterocycles. The van der Waals surface area contributed by atoms with Crippen molar-refractivity contribution in [3.63, 3.8) is 0 Å². The molecule has 114 valence electrons. The summed E-state index contributed by atoms with van der Waals surface area (Å²) in [5.41, 5.74) is 2.39. The van der Waals surface area contributed by atoms with Gasteiger partial charge in [0.25, 0.3) is 0 Å². The first-order chi connectivity index (χ1) is 10.3. The molecule has 0 saturated carbocycles. The molecule has 0 unspecified atom stereocenters. The molecule has 3 rings (SSSR count). The number of likely N-dealkylation sites (tertiary alicyclic amines) is 1. The molecule has 1 aromatic carbocycles. The van der Waals surface area contributed by atoms with Crippen molar-refractivity contribution >= 4 is 11.0 Å². The average molecular weight is 286 g/mol. The fourth-order valence-corrected chi connectivity index (χ4v) is 3.40. The highest BCUT2D eigenvalue weighted by Gasteiger charge is 2.21. The smallest absolute Gasteiger partial charge is 0.134 e. The lowest BCUT2D eigenvalue weighted by atomic mass is 9.94. The minimum absolute atomic E-state index is 0.801. The van der Waals surface area contributed by atoms with Crippen molar-refractivity contribution in [3.8, 4) is 0 Å². The molecule has 21 heavy (non-hydrogen) atoms. The van der Waals surface area contributed by atoms with E-state index in [0.29, 0.717) is 0 Å². The van der Waals surface area contributed by atoms with Gasteiger partial charge in [-0.2, -0.15) is 0 Å². The van der Waals surface area contributed by atoms with Gasteiger partial charge in [-0.1, -0.05) is 31.5 Å². The van der Waals surface area contributed by atoms with Gasteiger partial charge in [0.2, 0.25) is 0 Å². The molecule has 1 aromatic heterocycles. The quantitative estimate of drug-likeness (QED) is 0.907. The lowest BCUT2D eigenvalue weighted by Crippen LogP contribution is -2.33. The number of benzene rings is 1. The number of furan rings is 1. The van der Waals surface area contributed by atoms with Gasteiger partial charge in [-0.05, 0) is 45.0 Å². The van der Waals surface area contributed by atoms with Crippen LogP contribution in [0.3, 0.4) is 0 Å². The molecule has 2 aromatic rings. The minimum Gasteiger partial charge on any atom is -0.459 e. The number of fused-ring (bicyclic) bond motifs is 1. The third-order valence-corrected chi connectivity index (χ3v) is 4.79. The standard InChI is InChI=1S/C18H26N2O/c1-3-14-8-10-20(11-9-14)13-16-15-6-4-5-7-17(15)21-18(16)12-19-2/h4-7,14,19H,3,8-13H2,1-2H3. The van der Waals surface area contributed by atoms with E-state index >= 15 is 0 Å². The monoisotopic (exact) mass is 286 g/mol. The SMILES string of the molecule is CCC1CCN(Cc2c(CNC)oc3ccccc23)CC1. The van der Waals surface area contributed by atoms with E-state index in [1.165, 1.54) is 43.3 Å². The molecule has 0 spiro atoms. The van der Waals surface area contributed by atoms with E-state index in [0.717, 1.165) is 30.4 Å². The van der Waals surface area contributed by atoms with Crippen molar-refractivity contribution in [2.45, 2.75) is 39.3 Å². The predicted octanol–water partition coefficient (Wildman–Crippen LogP) is 3.77. The molecule has 0 bridgehead atoms. The van der Waals surface area contributed by atoms with Crippen LogP contribution < -0.4 is 5.32 Å². The maximum Gasteiger partial charge on any atom is 0.134 e. The zero-order chi connectivity index (χ0) is 14.7. The number of nitrogens with zero attached hydrogens (tertiary/aromatic N) is 1. The van der Waals surface area contributed by atoms with E-state index in [4.69, 9.17) is 4.42 Å². The highest BCUT2D eigenvalue weighted by Crippen LogP contribution is 2.29. The Morgan fingerprint density at radius 1 is 1.24 bits per heavy atom. The molecule has 0 amide bonds. The fourth-order valence-electron chi connectivity index (χ4n) is 3.40. The summed E-state index contributed by atoms with van der Waals surface area (Å²) in [5, 5.41) is 4.50. The normalized spacial score (nSPS) is 17.6. The van der Waals surface area contributed by atoms with Crippen LogP contribution in [0.1, 0.15) is 37.5 Å².